The fourth-order valence-electron chi connectivity index (χ4n) is 2.46. The Balaban J connectivity index is 1.72. The van der Waals surface area contributed by atoms with Gasteiger partial charge in [0.2, 0.25) is 5.91 Å². The van der Waals surface area contributed by atoms with E-state index in [1.807, 2.05) is 6.07 Å². The summed E-state index contributed by atoms with van der Waals surface area (Å²) in [5.74, 6) is 2.19. The van der Waals surface area contributed by atoms with Crippen LogP contribution in [0.3, 0.4) is 0 Å². The third-order valence-electron chi connectivity index (χ3n) is 3.55. The van der Waals surface area contributed by atoms with Crippen molar-refractivity contribution in [3.8, 4) is 10.8 Å². The molecule has 1 amide bonds. The molecule has 1 N–H and O–H groups in total. The van der Waals surface area contributed by atoms with Crippen LogP contribution in [-0.2, 0) is 11.2 Å². The van der Waals surface area contributed by atoms with Gasteiger partial charge in [0, 0.05) is 23.8 Å². The van der Waals surface area contributed by atoms with E-state index in [0.717, 1.165) is 17.7 Å². The highest BCUT2D eigenvalue weighted by Gasteiger charge is 2.24. The molecule has 0 saturated carbocycles. The van der Waals surface area contributed by atoms with Crippen LogP contribution in [0, 0.1) is 5.92 Å². The van der Waals surface area contributed by atoms with E-state index < -0.39 is 0 Å². The van der Waals surface area contributed by atoms with Crippen LogP contribution in [0.5, 0.6) is 0 Å². The zero-order valence-electron chi connectivity index (χ0n) is 12.3. The smallest absolute Gasteiger partial charge is 0.268 e. The van der Waals surface area contributed by atoms with Crippen molar-refractivity contribution < 1.29 is 9.32 Å². The van der Waals surface area contributed by atoms with E-state index in [0.29, 0.717) is 30.6 Å². The van der Waals surface area contributed by atoms with Crippen LogP contribution in [0.2, 0.25) is 0 Å². The molecule has 0 aromatic carbocycles. The molecule has 0 radical (unpaired) electrons. The maximum Gasteiger partial charge on any atom is 0.268 e. The summed E-state index contributed by atoms with van der Waals surface area (Å²) in [4.78, 5) is 18.0. The van der Waals surface area contributed by atoms with E-state index >= 15 is 0 Å². The second-order valence-corrected chi connectivity index (χ2v) is 7.03. The van der Waals surface area contributed by atoms with Crippen molar-refractivity contribution in [3.05, 3.63) is 22.8 Å². The first-order chi connectivity index (χ1) is 10.1. The number of rotatable bonds is 4. The number of hydrogen-bond donors (Lipinski definition) is 1. The predicted molar refractivity (Wildman–Crippen MR) is 81.1 cm³/mol. The summed E-state index contributed by atoms with van der Waals surface area (Å²) in [7, 11) is 0. The second kappa shape index (κ2) is 5.97. The molecule has 112 valence electrons. The number of hydrogen-bond acceptors (Lipinski definition) is 5. The number of aromatic nitrogens is 2. The van der Waals surface area contributed by atoms with E-state index in [2.05, 4.69) is 35.4 Å². The summed E-state index contributed by atoms with van der Waals surface area (Å²) >= 11 is 1.71. The standard InChI is InChI=1S/C15H19N3O2S/c1-9(2)7-11-4-5-12(21-11)15-17-14(18-20-15)10-3-6-13(19)16-8-10/h4-5,9-10H,3,6-8H2,1-2H3,(H,16,19). The predicted octanol–water partition coefficient (Wildman–Crippen LogP) is 2.99. The van der Waals surface area contributed by atoms with Gasteiger partial charge in [0.05, 0.1) is 4.88 Å². The summed E-state index contributed by atoms with van der Waals surface area (Å²) in [6.07, 6.45) is 2.39. The summed E-state index contributed by atoms with van der Waals surface area (Å²) < 4.78 is 5.39. The van der Waals surface area contributed by atoms with Gasteiger partial charge in [0.25, 0.3) is 5.89 Å². The van der Waals surface area contributed by atoms with Crippen molar-refractivity contribution in [1.82, 2.24) is 15.5 Å². The lowest BCUT2D eigenvalue weighted by molar-refractivity contribution is -0.122. The van der Waals surface area contributed by atoms with Gasteiger partial charge in [-0.05, 0) is 30.9 Å². The fraction of sp³-hybridized carbons (Fsp3) is 0.533. The maximum atomic E-state index is 11.2. The highest BCUT2D eigenvalue weighted by Crippen LogP contribution is 2.30. The Bertz CT molecular complexity index is 622. The fourth-order valence-corrected chi connectivity index (χ4v) is 3.60. The van der Waals surface area contributed by atoms with E-state index in [-0.39, 0.29) is 11.8 Å². The molecule has 0 bridgehead atoms. The van der Waals surface area contributed by atoms with Crippen molar-refractivity contribution in [2.24, 2.45) is 5.92 Å². The van der Waals surface area contributed by atoms with Crippen molar-refractivity contribution in [2.75, 3.05) is 6.54 Å². The SMILES string of the molecule is CC(C)Cc1ccc(-c2nc(C3CCC(=O)NC3)no2)s1. The minimum Gasteiger partial charge on any atom is -0.355 e. The highest BCUT2D eigenvalue weighted by atomic mass is 32.1. The zero-order valence-corrected chi connectivity index (χ0v) is 13.1. The number of amides is 1. The van der Waals surface area contributed by atoms with Gasteiger partial charge in [-0.15, -0.1) is 11.3 Å². The van der Waals surface area contributed by atoms with Crippen molar-refractivity contribution >= 4 is 17.2 Å². The molecule has 2 aromatic heterocycles. The van der Waals surface area contributed by atoms with E-state index in [4.69, 9.17) is 4.52 Å². The van der Waals surface area contributed by atoms with Crippen LogP contribution in [0.15, 0.2) is 16.7 Å². The number of carbonyl (C=O) groups is 1. The zero-order chi connectivity index (χ0) is 14.8. The first-order valence-corrected chi connectivity index (χ1v) is 8.13. The minimum atomic E-state index is 0.103. The van der Waals surface area contributed by atoms with Gasteiger partial charge in [0.1, 0.15) is 0 Å². The number of piperidine rings is 1. The largest absolute Gasteiger partial charge is 0.355 e. The van der Waals surface area contributed by atoms with Gasteiger partial charge in [0.15, 0.2) is 5.82 Å². The van der Waals surface area contributed by atoms with E-state index in [1.165, 1.54) is 4.88 Å². The average Bonchev–Trinajstić information content (AvgIpc) is 3.07. The van der Waals surface area contributed by atoms with Crippen LogP contribution in [0.4, 0.5) is 0 Å². The number of thiophene rings is 1. The van der Waals surface area contributed by atoms with Crippen molar-refractivity contribution in [1.29, 1.82) is 0 Å². The Labute approximate surface area is 127 Å². The Hall–Kier alpha value is -1.69. The molecule has 3 rings (SSSR count). The van der Waals surface area contributed by atoms with E-state index in [9.17, 15) is 4.79 Å². The minimum absolute atomic E-state index is 0.103. The lowest BCUT2D eigenvalue weighted by atomic mass is 9.99. The lowest BCUT2D eigenvalue weighted by Gasteiger charge is -2.18. The average molecular weight is 305 g/mol. The molecule has 1 atom stereocenters. The molecule has 1 aliphatic heterocycles. The van der Waals surface area contributed by atoms with Crippen molar-refractivity contribution in [2.45, 2.75) is 39.0 Å². The van der Waals surface area contributed by atoms with Crippen LogP contribution < -0.4 is 5.32 Å². The molecule has 6 heteroatoms. The quantitative estimate of drug-likeness (QED) is 0.943. The topological polar surface area (TPSA) is 68.0 Å². The first kappa shape index (κ1) is 14.3. The Morgan fingerprint density at radius 1 is 1.48 bits per heavy atom. The van der Waals surface area contributed by atoms with Gasteiger partial charge in [-0.3, -0.25) is 4.79 Å². The first-order valence-electron chi connectivity index (χ1n) is 7.31. The van der Waals surface area contributed by atoms with Crippen LogP contribution in [0.25, 0.3) is 10.8 Å². The van der Waals surface area contributed by atoms with Crippen LogP contribution >= 0.6 is 11.3 Å². The number of nitrogens with zero attached hydrogens (tertiary/aromatic N) is 2. The molecule has 0 aliphatic carbocycles. The lowest BCUT2D eigenvalue weighted by Crippen LogP contribution is -2.34. The second-order valence-electron chi connectivity index (χ2n) is 5.86. The Kier molecular flexibility index (Phi) is 4.05. The molecule has 1 unspecified atom stereocenters. The Morgan fingerprint density at radius 3 is 3.05 bits per heavy atom. The van der Waals surface area contributed by atoms with Crippen LogP contribution in [0.1, 0.15) is 43.3 Å². The molecule has 0 spiro atoms. The summed E-state index contributed by atoms with van der Waals surface area (Å²) in [6, 6.07) is 4.17. The third-order valence-corrected chi connectivity index (χ3v) is 4.65. The molecule has 1 fully saturated rings. The van der Waals surface area contributed by atoms with Crippen LogP contribution in [-0.4, -0.2) is 22.6 Å². The summed E-state index contributed by atoms with van der Waals surface area (Å²) in [5.41, 5.74) is 0. The van der Waals surface area contributed by atoms with Gasteiger partial charge >= 0.3 is 0 Å². The van der Waals surface area contributed by atoms with E-state index in [1.54, 1.807) is 11.3 Å². The molecular formula is C15H19N3O2S. The van der Waals surface area contributed by atoms with Crippen molar-refractivity contribution in [3.63, 3.8) is 0 Å². The van der Waals surface area contributed by atoms with Gasteiger partial charge in [-0.2, -0.15) is 4.98 Å². The highest BCUT2D eigenvalue weighted by molar-refractivity contribution is 7.15. The molecule has 5 nitrogen and oxygen atoms in total. The summed E-state index contributed by atoms with van der Waals surface area (Å²) in [5, 5.41) is 6.93. The molecule has 1 saturated heterocycles. The monoisotopic (exact) mass is 305 g/mol. The Morgan fingerprint density at radius 2 is 2.33 bits per heavy atom. The molecule has 21 heavy (non-hydrogen) atoms. The van der Waals surface area contributed by atoms with Gasteiger partial charge in [-0.1, -0.05) is 19.0 Å². The van der Waals surface area contributed by atoms with Gasteiger partial charge < -0.3 is 9.84 Å². The third kappa shape index (κ3) is 3.32. The normalized spacial score (nSPS) is 19.0. The molecule has 3 heterocycles. The molecule has 2 aromatic rings. The maximum absolute atomic E-state index is 11.2. The number of carbonyl (C=O) groups excluding carboxylic acids is 1. The summed E-state index contributed by atoms with van der Waals surface area (Å²) in [6.45, 7) is 5.02. The van der Waals surface area contributed by atoms with Gasteiger partial charge in [-0.25, -0.2) is 0 Å². The number of nitrogens with one attached hydrogen (secondary N) is 1. The molecular weight excluding hydrogens is 286 g/mol. The molecule has 1 aliphatic rings.